The standard InChI is InChI=1S/C13H17ClN4O3/c1-2-17-6-4-9(8-17)7-16-13(19)10-3-5-15-12(14)11(10)18(20)21/h3,5,9H,2,4,6-8H2,1H3,(H,16,19). The topological polar surface area (TPSA) is 88.4 Å². The van der Waals surface area contributed by atoms with Crippen LogP contribution in [0.25, 0.3) is 0 Å². The van der Waals surface area contributed by atoms with Crippen LogP contribution in [0, 0.1) is 16.0 Å². The minimum absolute atomic E-state index is 0.0506. The highest BCUT2D eigenvalue weighted by Gasteiger charge is 2.26. The first-order valence-electron chi connectivity index (χ1n) is 6.82. The number of nitrogens with one attached hydrogen (secondary N) is 1. The third-order valence-electron chi connectivity index (χ3n) is 3.68. The summed E-state index contributed by atoms with van der Waals surface area (Å²) in [5, 5.41) is 13.5. The molecule has 8 heteroatoms. The SMILES string of the molecule is CCN1CCC(CNC(=O)c2ccnc(Cl)c2[N+](=O)[O-])C1. The molecule has 21 heavy (non-hydrogen) atoms. The Morgan fingerprint density at radius 3 is 3.05 bits per heavy atom. The summed E-state index contributed by atoms with van der Waals surface area (Å²) in [5.74, 6) is -0.105. The van der Waals surface area contributed by atoms with Gasteiger partial charge < -0.3 is 10.2 Å². The molecule has 1 aromatic rings. The number of rotatable bonds is 5. The van der Waals surface area contributed by atoms with Crippen LogP contribution in [0.3, 0.4) is 0 Å². The number of halogens is 1. The molecule has 1 aliphatic heterocycles. The maximum atomic E-state index is 12.1. The van der Waals surface area contributed by atoms with Gasteiger partial charge in [-0.3, -0.25) is 14.9 Å². The molecule has 2 rings (SSSR count). The minimum Gasteiger partial charge on any atom is -0.351 e. The van der Waals surface area contributed by atoms with Gasteiger partial charge in [-0.15, -0.1) is 0 Å². The fraction of sp³-hybridized carbons (Fsp3) is 0.538. The number of hydrogen-bond donors (Lipinski definition) is 1. The highest BCUT2D eigenvalue weighted by Crippen LogP contribution is 2.26. The number of pyridine rings is 1. The first-order valence-corrected chi connectivity index (χ1v) is 7.20. The second-order valence-corrected chi connectivity index (χ2v) is 5.37. The number of nitro groups is 1. The van der Waals surface area contributed by atoms with E-state index in [1.54, 1.807) is 0 Å². The van der Waals surface area contributed by atoms with Crippen molar-refractivity contribution in [2.75, 3.05) is 26.2 Å². The second kappa shape index (κ2) is 6.82. The van der Waals surface area contributed by atoms with E-state index in [1.165, 1.54) is 12.3 Å². The third-order valence-corrected chi connectivity index (χ3v) is 3.95. The summed E-state index contributed by atoms with van der Waals surface area (Å²) in [7, 11) is 0. The summed E-state index contributed by atoms with van der Waals surface area (Å²) in [6.07, 6.45) is 2.31. The van der Waals surface area contributed by atoms with E-state index >= 15 is 0 Å². The molecule has 7 nitrogen and oxygen atoms in total. The van der Waals surface area contributed by atoms with E-state index in [1.807, 2.05) is 0 Å². The van der Waals surface area contributed by atoms with E-state index in [0.29, 0.717) is 12.5 Å². The van der Waals surface area contributed by atoms with Crippen LogP contribution in [-0.4, -0.2) is 46.9 Å². The van der Waals surface area contributed by atoms with Gasteiger partial charge in [0.25, 0.3) is 5.91 Å². The Hall–Kier alpha value is -1.73. The Morgan fingerprint density at radius 2 is 2.43 bits per heavy atom. The number of likely N-dealkylation sites (tertiary alicyclic amines) is 1. The zero-order valence-electron chi connectivity index (χ0n) is 11.7. The van der Waals surface area contributed by atoms with Crippen LogP contribution in [0.1, 0.15) is 23.7 Å². The van der Waals surface area contributed by atoms with Gasteiger partial charge >= 0.3 is 5.69 Å². The Morgan fingerprint density at radius 1 is 1.67 bits per heavy atom. The van der Waals surface area contributed by atoms with E-state index < -0.39 is 16.5 Å². The molecule has 1 aliphatic rings. The Labute approximate surface area is 127 Å². The lowest BCUT2D eigenvalue weighted by Crippen LogP contribution is -2.31. The second-order valence-electron chi connectivity index (χ2n) is 5.01. The van der Waals surface area contributed by atoms with Crippen molar-refractivity contribution < 1.29 is 9.72 Å². The lowest BCUT2D eigenvalue weighted by atomic mass is 10.1. The van der Waals surface area contributed by atoms with Gasteiger partial charge in [-0.25, -0.2) is 4.98 Å². The molecule has 1 aromatic heterocycles. The normalized spacial score (nSPS) is 18.7. The zero-order valence-corrected chi connectivity index (χ0v) is 12.5. The number of nitrogens with zero attached hydrogens (tertiary/aromatic N) is 3. The lowest BCUT2D eigenvalue weighted by molar-refractivity contribution is -0.385. The van der Waals surface area contributed by atoms with Crippen LogP contribution in [0.5, 0.6) is 0 Å². The fourth-order valence-corrected chi connectivity index (χ4v) is 2.71. The Balaban J connectivity index is 2.01. The van der Waals surface area contributed by atoms with Crippen LogP contribution < -0.4 is 5.32 Å². The van der Waals surface area contributed by atoms with Crippen LogP contribution in [0.4, 0.5) is 5.69 Å². The first-order chi connectivity index (χ1) is 10.0. The van der Waals surface area contributed by atoms with Crippen LogP contribution in [-0.2, 0) is 0 Å². The van der Waals surface area contributed by atoms with E-state index in [-0.39, 0.29) is 10.7 Å². The molecule has 0 spiro atoms. The Kier molecular flexibility index (Phi) is 5.08. The van der Waals surface area contributed by atoms with Gasteiger partial charge in [-0.1, -0.05) is 18.5 Å². The fourth-order valence-electron chi connectivity index (χ4n) is 2.48. The molecular weight excluding hydrogens is 296 g/mol. The van der Waals surface area contributed by atoms with Gasteiger partial charge in [-0.05, 0) is 31.5 Å². The van der Waals surface area contributed by atoms with E-state index in [4.69, 9.17) is 11.6 Å². The monoisotopic (exact) mass is 312 g/mol. The summed E-state index contributed by atoms with van der Waals surface area (Å²) in [4.78, 5) is 28.4. The molecule has 1 unspecified atom stereocenters. The van der Waals surface area contributed by atoms with E-state index in [0.717, 1.165) is 26.1 Å². The van der Waals surface area contributed by atoms with Crippen molar-refractivity contribution in [1.29, 1.82) is 0 Å². The average molecular weight is 313 g/mol. The molecule has 1 saturated heterocycles. The van der Waals surface area contributed by atoms with Crippen molar-refractivity contribution in [2.45, 2.75) is 13.3 Å². The van der Waals surface area contributed by atoms with E-state index in [9.17, 15) is 14.9 Å². The van der Waals surface area contributed by atoms with Crippen LogP contribution in [0.2, 0.25) is 5.15 Å². The van der Waals surface area contributed by atoms with Crippen molar-refractivity contribution in [1.82, 2.24) is 15.2 Å². The molecule has 114 valence electrons. The average Bonchev–Trinajstić information content (AvgIpc) is 2.92. The van der Waals surface area contributed by atoms with Crippen molar-refractivity contribution in [3.05, 3.63) is 33.1 Å². The van der Waals surface area contributed by atoms with Crippen LogP contribution in [0.15, 0.2) is 12.3 Å². The van der Waals surface area contributed by atoms with Gasteiger partial charge in [0.1, 0.15) is 5.56 Å². The summed E-state index contributed by atoms with van der Waals surface area (Å²) in [6.45, 7) is 5.57. The molecule has 0 bridgehead atoms. The van der Waals surface area contributed by atoms with Gasteiger partial charge in [0.2, 0.25) is 5.15 Å². The maximum Gasteiger partial charge on any atom is 0.319 e. The summed E-state index contributed by atoms with van der Waals surface area (Å²) < 4.78 is 0. The van der Waals surface area contributed by atoms with Crippen LogP contribution >= 0.6 is 11.6 Å². The molecule has 1 amide bonds. The van der Waals surface area contributed by atoms with Gasteiger partial charge in [-0.2, -0.15) is 0 Å². The third kappa shape index (κ3) is 3.68. The Bertz CT molecular complexity index is 552. The molecule has 0 aromatic carbocycles. The minimum atomic E-state index is -0.682. The van der Waals surface area contributed by atoms with Crippen molar-refractivity contribution in [2.24, 2.45) is 5.92 Å². The predicted molar refractivity (Wildman–Crippen MR) is 78.5 cm³/mol. The van der Waals surface area contributed by atoms with E-state index in [2.05, 4.69) is 22.1 Å². The summed E-state index contributed by atoms with van der Waals surface area (Å²) in [5.41, 5.74) is -0.497. The lowest BCUT2D eigenvalue weighted by Gasteiger charge is -2.13. The number of hydrogen-bond acceptors (Lipinski definition) is 5. The highest BCUT2D eigenvalue weighted by atomic mass is 35.5. The number of carbonyl (C=O) groups is 1. The molecule has 0 aliphatic carbocycles. The quantitative estimate of drug-likeness (QED) is 0.508. The van der Waals surface area contributed by atoms with Gasteiger partial charge in [0, 0.05) is 19.3 Å². The first kappa shape index (κ1) is 15.7. The molecule has 1 atom stereocenters. The van der Waals surface area contributed by atoms with Crippen molar-refractivity contribution >= 4 is 23.2 Å². The van der Waals surface area contributed by atoms with Gasteiger partial charge in [0.05, 0.1) is 4.92 Å². The smallest absolute Gasteiger partial charge is 0.319 e. The molecule has 0 saturated carbocycles. The van der Waals surface area contributed by atoms with Crippen molar-refractivity contribution in [3.63, 3.8) is 0 Å². The van der Waals surface area contributed by atoms with Gasteiger partial charge in [0.15, 0.2) is 0 Å². The molecule has 2 heterocycles. The molecular formula is C13H17ClN4O3. The predicted octanol–water partition coefficient (Wildman–Crippen LogP) is 1.71. The summed E-state index contributed by atoms with van der Waals surface area (Å²) >= 11 is 5.69. The number of aromatic nitrogens is 1. The maximum absolute atomic E-state index is 12.1. The molecule has 0 radical (unpaired) electrons. The van der Waals surface area contributed by atoms with Crippen molar-refractivity contribution in [3.8, 4) is 0 Å². The number of amides is 1. The zero-order chi connectivity index (χ0) is 15.4. The molecule has 1 N–H and O–H groups in total. The number of carbonyl (C=O) groups excluding carboxylic acids is 1. The molecule has 1 fully saturated rings. The highest BCUT2D eigenvalue weighted by molar-refractivity contribution is 6.32. The largest absolute Gasteiger partial charge is 0.351 e. The summed E-state index contributed by atoms with van der Waals surface area (Å²) in [6, 6.07) is 1.31.